The second-order valence-corrected chi connectivity index (χ2v) is 10.2. The monoisotopic (exact) mass is 521 g/mol. The van der Waals surface area contributed by atoms with Gasteiger partial charge in [0.1, 0.15) is 10.8 Å². The van der Waals surface area contributed by atoms with Crippen LogP contribution in [-0.2, 0) is 0 Å². The molecule has 1 unspecified atom stereocenters. The molecule has 9 heteroatoms. The minimum Gasteiger partial charge on any atom is -0.495 e. The second-order valence-electron chi connectivity index (χ2n) is 9.17. The number of aromatic nitrogens is 1. The van der Waals surface area contributed by atoms with Crippen LogP contribution in [0.4, 0.5) is 11.4 Å². The van der Waals surface area contributed by atoms with Crippen molar-refractivity contribution in [3.8, 4) is 5.75 Å². The Hall–Kier alpha value is -3.27. The van der Waals surface area contributed by atoms with Gasteiger partial charge in [0.2, 0.25) is 0 Å². The zero-order valence-electron chi connectivity index (χ0n) is 21.6. The van der Waals surface area contributed by atoms with E-state index in [1.54, 1.807) is 25.4 Å². The molecule has 4 rings (SSSR count). The van der Waals surface area contributed by atoms with E-state index >= 15 is 0 Å². The van der Waals surface area contributed by atoms with Crippen molar-refractivity contribution in [1.29, 1.82) is 0 Å². The number of nitrogens with one attached hydrogen (secondary N) is 1. The van der Waals surface area contributed by atoms with Crippen LogP contribution in [0.15, 0.2) is 76.8 Å². The van der Waals surface area contributed by atoms with Gasteiger partial charge in [0, 0.05) is 70.1 Å². The molecule has 0 saturated carbocycles. The van der Waals surface area contributed by atoms with Crippen molar-refractivity contribution in [2.45, 2.75) is 16.0 Å². The van der Waals surface area contributed by atoms with E-state index in [-0.39, 0.29) is 12.5 Å². The van der Waals surface area contributed by atoms with Gasteiger partial charge in [-0.15, -0.1) is 0 Å². The fourth-order valence-electron chi connectivity index (χ4n) is 4.31. The van der Waals surface area contributed by atoms with Gasteiger partial charge in [-0.3, -0.25) is 9.69 Å². The lowest BCUT2D eigenvalue weighted by molar-refractivity contribution is 0.0848. The third kappa shape index (κ3) is 7.15. The highest BCUT2D eigenvalue weighted by molar-refractivity contribution is 7.99. The summed E-state index contributed by atoms with van der Waals surface area (Å²) < 4.78 is 5.49. The van der Waals surface area contributed by atoms with Crippen LogP contribution in [0, 0.1) is 0 Å². The number of ether oxygens (including phenoxy) is 1. The van der Waals surface area contributed by atoms with Gasteiger partial charge in [0.05, 0.1) is 24.5 Å². The number of piperazine rings is 1. The fraction of sp³-hybridized carbons (Fsp3) is 0.357. The number of rotatable bonds is 10. The van der Waals surface area contributed by atoms with Crippen LogP contribution in [0.1, 0.15) is 10.4 Å². The number of para-hydroxylation sites is 2. The summed E-state index contributed by atoms with van der Waals surface area (Å²) >= 11 is 1.45. The summed E-state index contributed by atoms with van der Waals surface area (Å²) in [6, 6.07) is 19.7. The van der Waals surface area contributed by atoms with Crippen LogP contribution in [0.2, 0.25) is 0 Å². The van der Waals surface area contributed by atoms with Gasteiger partial charge >= 0.3 is 0 Å². The van der Waals surface area contributed by atoms with E-state index in [1.807, 2.05) is 55.4 Å². The molecular weight excluding hydrogens is 486 g/mol. The van der Waals surface area contributed by atoms with Crippen LogP contribution in [0.5, 0.6) is 5.75 Å². The second kappa shape index (κ2) is 12.8. The summed E-state index contributed by atoms with van der Waals surface area (Å²) in [6.45, 7) is 4.05. The number of carbonyl (C=O) groups is 1. The summed E-state index contributed by atoms with van der Waals surface area (Å²) in [5.41, 5.74) is 2.68. The summed E-state index contributed by atoms with van der Waals surface area (Å²) in [7, 11) is 5.68. The van der Waals surface area contributed by atoms with Gasteiger partial charge in [0.15, 0.2) is 0 Å². The van der Waals surface area contributed by atoms with E-state index in [0.717, 1.165) is 48.2 Å². The Bertz CT molecular complexity index is 1180. The van der Waals surface area contributed by atoms with Crippen molar-refractivity contribution in [2.24, 2.45) is 0 Å². The van der Waals surface area contributed by atoms with Crippen LogP contribution in [0.3, 0.4) is 0 Å². The largest absolute Gasteiger partial charge is 0.495 e. The topological polar surface area (TPSA) is 81.2 Å². The molecule has 1 saturated heterocycles. The molecular formula is C28H35N5O3S. The number of aliphatic hydroxyl groups is 1. The number of β-amino-alcohol motifs (C(OH)–C–C–N with tert-alkyl or cyclic N) is 1. The molecule has 8 nitrogen and oxygen atoms in total. The van der Waals surface area contributed by atoms with Crippen molar-refractivity contribution in [3.63, 3.8) is 0 Å². The Morgan fingerprint density at radius 3 is 2.65 bits per heavy atom. The maximum atomic E-state index is 13.0. The first-order valence-electron chi connectivity index (χ1n) is 12.4. The lowest BCUT2D eigenvalue weighted by Crippen LogP contribution is -2.50. The Kier molecular flexibility index (Phi) is 9.27. The summed E-state index contributed by atoms with van der Waals surface area (Å²) in [4.78, 5) is 25.0. The predicted molar refractivity (Wildman–Crippen MR) is 149 cm³/mol. The number of pyridine rings is 1. The number of hydrogen-bond donors (Lipinski definition) is 2. The molecule has 1 aliphatic heterocycles. The van der Waals surface area contributed by atoms with Crippen LogP contribution in [-0.4, -0.2) is 87.5 Å². The normalized spacial score (nSPS) is 14.8. The predicted octanol–water partition coefficient (Wildman–Crippen LogP) is 3.22. The fourth-order valence-corrected chi connectivity index (χ4v) is 5.25. The number of anilines is 2. The maximum absolute atomic E-state index is 13.0. The minimum absolute atomic E-state index is 0.181. The third-order valence-electron chi connectivity index (χ3n) is 6.33. The van der Waals surface area contributed by atoms with Gasteiger partial charge in [-0.2, -0.15) is 0 Å². The lowest BCUT2D eigenvalue weighted by atomic mass is 10.2. The smallest absolute Gasteiger partial charge is 0.254 e. The van der Waals surface area contributed by atoms with Gasteiger partial charge in [-0.1, -0.05) is 30.0 Å². The van der Waals surface area contributed by atoms with Crippen molar-refractivity contribution in [2.75, 3.05) is 70.3 Å². The number of methoxy groups -OCH3 is 1. The van der Waals surface area contributed by atoms with E-state index in [0.29, 0.717) is 17.1 Å². The lowest BCUT2D eigenvalue weighted by Gasteiger charge is -2.37. The number of amides is 1. The zero-order valence-corrected chi connectivity index (χ0v) is 22.4. The van der Waals surface area contributed by atoms with Crippen molar-refractivity contribution >= 4 is 29.0 Å². The standard InChI is InChI=1S/C28H35N5O3S/c1-31(2)21-8-6-9-23(18-21)37-28-24(10-7-13-29-28)27(35)30-19-22(34)20-32-14-16-33(17-15-32)25-11-4-5-12-26(25)36-3/h4-13,18,22,34H,14-17,19-20H2,1-3H3,(H,30,35). The highest BCUT2D eigenvalue weighted by Gasteiger charge is 2.22. The number of hydrogen-bond acceptors (Lipinski definition) is 8. The number of aliphatic hydroxyl groups excluding tert-OH is 1. The molecule has 1 aliphatic rings. The van der Waals surface area contributed by atoms with E-state index in [1.165, 1.54) is 11.8 Å². The average Bonchev–Trinajstić information content (AvgIpc) is 2.92. The first-order valence-corrected chi connectivity index (χ1v) is 13.2. The molecule has 1 amide bonds. The van der Waals surface area contributed by atoms with Crippen LogP contribution in [0.25, 0.3) is 0 Å². The molecule has 1 fully saturated rings. The quantitative estimate of drug-likeness (QED) is 0.421. The molecule has 0 radical (unpaired) electrons. The number of carbonyl (C=O) groups excluding carboxylic acids is 1. The van der Waals surface area contributed by atoms with Crippen LogP contribution >= 0.6 is 11.8 Å². The average molecular weight is 522 g/mol. The minimum atomic E-state index is -0.661. The Balaban J connectivity index is 1.28. The summed E-state index contributed by atoms with van der Waals surface area (Å²) in [6.07, 6.45) is 1.03. The molecule has 0 bridgehead atoms. The molecule has 3 aromatic rings. The van der Waals surface area contributed by atoms with Crippen molar-refractivity contribution < 1.29 is 14.6 Å². The molecule has 2 N–H and O–H groups in total. The molecule has 1 atom stereocenters. The van der Waals surface area contributed by atoms with E-state index < -0.39 is 6.10 Å². The van der Waals surface area contributed by atoms with E-state index in [2.05, 4.69) is 32.2 Å². The molecule has 2 aromatic carbocycles. The molecule has 196 valence electrons. The van der Waals surface area contributed by atoms with Gasteiger partial charge in [-0.25, -0.2) is 4.98 Å². The maximum Gasteiger partial charge on any atom is 0.254 e. The molecule has 0 aliphatic carbocycles. The number of nitrogens with zero attached hydrogens (tertiary/aromatic N) is 4. The Morgan fingerprint density at radius 2 is 1.89 bits per heavy atom. The summed E-state index contributed by atoms with van der Waals surface area (Å²) in [5.74, 6) is 0.636. The zero-order chi connectivity index (χ0) is 26.2. The Morgan fingerprint density at radius 1 is 1.11 bits per heavy atom. The van der Waals surface area contributed by atoms with E-state index in [4.69, 9.17) is 4.74 Å². The van der Waals surface area contributed by atoms with E-state index in [9.17, 15) is 9.90 Å². The molecule has 37 heavy (non-hydrogen) atoms. The van der Waals surface area contributed by atoms with Gasteiger partial charge in [0.25, 0.3) is 5.91 Å². The Labute approximate surface area is 223 Å². The SMILES string of the molecule is COc1ccccc1N1CCN(CC(O)CNC(=O)c2cccnc2Sc2cccc(N(C)C)c2)CC1. The van der Waals surface area contributed by atoms with Gasteiger partial charge in [-0.05, 0) is 42.5 Å². The van der Waals surface area contributed by atoms with Crippen molar-refractivity contribution in [3.05, 3.63) is 72.4 Å². The molecule has 2 heterocycles. The van der Waals surface area contributed by atoms with Crippen LogP contribution < -0.4 is 19.9 Å². The van der Waals surface area contributed by atoms with Gasteiger partial charge < -0.3 is 25.0 Å². The third-order valence-corrected chi connectivity index (χ3v) is 7.34. The molecule has 0 spiro atoms. The van der Waals surface area contributed by atoms with Crippen molar-refractivity contribution in [1.82, 2.24) is 15.2 Å². The summed E-state index contributed by atoms with van der Waals surface area (Å²) in [5, 5.41) is 14.2. The first kappa shape index (κ1) is 26.8. The number of benzene rings is 2. The highest BCUT2D eigenvalue weighted by atomic mass is 32.2. The highest BCUT2D eigenvalue weighted by Crippen LogP contribution is 2.31. The molecule has 1 aromatic heterocycles. The first-order chi connectivity index (χ1) is 17.9.